The summed E-state index contributed by atoms with van der Waals surface area (Å²) in [6, 6.07) is 10.6. The fraction of sp³-hybridized carbons (Fsp3) is 0.524. The third-order valence-corrected chi connectivity index (χ3v) is 5.64. The minimum Gasteiger partial charge on any atom is -0.309 e. The van der Waals surface area contributed by atoms with Gasteiger partial charge in [-0.3, -0.25) is 14.8 Å². The van der Waals surface area contributed by atoms with Gasteiger partial charge in [0.1, 0.15) is 0 Å². The Hall–Kier alpha value is -2.18. The molecule has 0 bridgehead atoms. The first-order valence-electron chi connectivity index (χ1n) is 10.1. The van der Waals surface area contributed by atoms with Gasteiger partial charge >= 0.3 is 0 Å². The van der Waals surface area contributed by atoms with E-state index in [1.807, 2.05) is 0 Å². The van der Waals surface area contributed by atoms with E-state index in [1.54, 1.807) is 0 Å². The summed E-state index contributed by atoms with van der Waals surface area (Å²) < 4.78 is 0. The topological polar surface area (TPSA) is 64.3 Å². The van der Waals surface area contributed by atoms with Gasteiger partial charge in [0.2, 0.25) is 5.91 Å². The molecule has 2 N–H and O–H groups in total. The summed E-state index contributed by atoms with van der Waals surface area (Å²) in [5.41, 5.74) is 3.64. The summed E-state index contributed by atoms with van der Waals surface area (Å²) in [5, 5.41) is 10.5. The van der Waals surface area contributed by atoms with Gasteiger partial charge in [-0.25, -0.2) is 0 Å². The zero-order valence-corrected chi connectivity index (χ0v) is 15.9. The molecule has 27 heavy (non-hydrogen) atoms. The number of aromatic amines is 1. The predicted octanol–water partition coefficient (Wildman–Crippen LogP) is 2.78. The molecule has 2 aliphatic rings. The van der Waals surface area contributed by atoms with Crippen molar-refractivity contribution >= 4 is 11.7 Å². The average molecular weight is 367 g/mol. The molecule has 2 aliphatic heterocycles. The van der Waals surface area contributed by atoms with Crippen LogP contribution in [-0.4, -0.2) is 52.1 Å². The maximum Gasteiger partial charge on any atom is 0.226 e. The molecule has 0 unspecified atom stereocenters. The molecule has 6 heteroatoms. The highest BCUT2D eigenvalue weighted by Gasteiger charge is 2.25. The molecule has 4 rings (SSSR count). The van der Waals surface area contributed by atoms with Crippen molar-refractivity contribution < 1.29 is 4.79 Å². The molecule has 2 aromatic rings. The van der Waals surface area contributed by atoms with Gasteiger partial charge in [0.25, 0.3) is 0 Å². The third kappa shape index (κ3) is 4.76. The predicted molar refractivity (Wildman–Crippen MR) is 106 cm³/mol. The van der Waals surface area contributed by atoms with Crippen LogP contribution in [0.2, 0.25) is 0 Å². The molecular weight excluding hydrogens is 338 g/mol. The Bertz CT molecular complexity index is 751. The van der Waals surface area contributed by atoms with Crippen LogP contribution >= 0.6 is 0 Å². The number of H-pyrrole nitrogens is 1. The average Bonchev–Trinajstić information content (AvgIpc) is 3.28. The zero-order valence-electron chi connectivity index (χ0n) is 15.9. The number of anilines is 1. The lowest BCUT2D eigenvalue weighted by atomic mass is 10.1. The van der Waals surface area contributed by atoms with Gasteiger partial charge in [0, 0.05) is 38.2 Å². The summed E-state index contributed by atoms with van der Waals surface area (Å²) in [6.07, 6.45) is 5.42. The second-order valence-electron chi connectivity index (χ2n) is 7.68. The number of carbonyl (C=O) groups is 1. The van der Waals surface area contributed by atoms with Crippen LogP contribution in [0.3, 0.4) is 0 Å². The maximum absolute atomic E-state index is 12.3. The Labute approximate surface area is 160 Å². The molecule has 3 heterocycles. The molecule has 0 aliphatic carbocycles. The molecule has 1 saturated heterocycles. The molecule has 0 radical (unpaired) electrons. The van der Waals surface area contributed by atoms with Crippen LogP contribution < -0.4 is 5.32 Å². The molecule has 6 nitrogen and oxygen atoms in total. The van der Waals surface area contributed by atoms with Gasteiger partial charge in [0.05, 0.1) is 5.69 Å². The number of rotatable bonds is 7. The number of amides is 1. The van der Waals surface area contributed by atoms with Crippen LogP contribution in [0.4, 0.5) is 5.82 Å². The molecule has 0 spiro atoms. The number of aromatic nitrogens is 2. The van der Waals surface area contributed by atoms with Crippen LogP contribution in [0, 0.1) is 0 Å². The molecule has 0 saturated carbocycles. The van der Waals surface area contributed by atoms with Crippen LogP contribution in [0.5, 0.6) is 0 Å². The molecule has 1 aromatic carbocycles. The van der Waals surface area contributed by atoms with Gasteiger partial charge in [-0.1, -0.05) is 36.8 Å². The summed E-state index contributed by atoms with van der Waals surface area (Å²) >= 11 is 0. The highest BCUT2D eigenvalue weighted by Crippen LogP contribution is 2.27. The Balaban J connectivity index is 1.25. The van der Waals surface area contributed by atoms with Crippen LogP contribution in [0.1, 0.15) is 42.5 Å². The third-order valence-electron chi connectivity index (χ3n) is 5.64. The van der Waals surface area contributed by atoms with Crippen molar-refractivity contribution in [3.05, 3.63) is 47.2 Å². The van der Waals surface area contributed by atoms with Crippen LogP contribution in [0.15, 0.2) is 30.3 Å². The fourth-order valence-corrected chi connectivity index (χ4v) is 4.04. The molecule has 1 amide bonds. The standard InChI is InChI=1S/C21H29N5O/c27-20(10-14-25-11-5-2-6-12-25)22-21-18-15-26(16-19(18)23-24-21)13-9-17-7-3-1-4-8-17/h1,3-4,7-8H,2,5-6,9-16H2,(H2,22,23,24,27). The number of nitrogens with one attached hydrogen (secondary N) is 2. The normalized spacial score (nSPS) is 17.8. The van der Waals surface area contributed by atoms with E-state index in [-0.39, 0.29) is 5.91 Å². The van der Waals surface area contributed by atoms with Crippen LogP contribution in [-0.2, 0) is 24.3 Å². The lowest BCUT2D eigenvalue weighted by Crippen LogP contribution is -2.32. The Morgan fingerprint density at radius 3 is 2.67 bits per heavy atom. The molecule has 1 fully saturated rings. The van der Waals surface area contributed by atoms with Crippen molar-refractivity contribution in [2.45, 2.75) is 45.2 Å². The largest absolute Gasteiger partial charge is 0.309 e. The van der Waals surface area contributed by atoms with Crippen molar-refractivity contribution in [3.8, 4) is 0 Å². The van der Waals surface area contributed by atoms with Crippen molar-refractivity contribution in [3.63, 3.8) is 0 Å². The SMILES string of the molecule is O=C(CCN1CCCCC1)Nc1n[nH]c2c1CN(CCc1ccccc1)C2. The second-order valence-corrected chi connectivity index (χ2v) is 7.68. The van der Waals surface area contributed by atoms with Gasteiger partial charge < -0.3 is 10.2 Å². The van der Waals surface area contributed by atoms with Crippen molar-refractivity contribution in [1.82, 2.24) is 20.0 Å². The van der Waals surface area contributed by atoms with E-state index in [1.165, 1.54) is 24.8 Å². The lowest BCUT2D eigenvalue weighted by molar-refractivity contribution is -0.116. The minimum absolute atomic E-state index is 0.0672. The molecular formula is C21H29N5O. The number of carbonyl (C=O) groups excluding carboxylic acids is 1. The Kier molecular flexibility index (Phi) is 5.84. The first-order valence-corrected chi connectivity index (χ1v) is 10.1. The molecule has 0 atom stereocenters. The van der Waals surface area contributed by atoms with Crippen molar-refractivity contribution in [2.24, 2.45) is 0 Å². The Morgan fingerprint density at radius 1 is 1.04 bits per heavy atom. The monoisotopic (exact) mass is 367 g/mol. The van der Waals surface area contributed by atoms with Gasteiger partial charge in [-0.05, 0) is 37.9 Å². The van der Waals surface area contributed by atoms with E-state index in [0.29, 0.717) is 6.42 Å². The van der Waals surface area contributed by atoms with E-state index in [4.69, 9.17) is 0 Å². The number of hydrogen-bond donors (Lipinski definition) is 2. The van der Waals surface area contributed by atoms with Crippen LogP contribution in [0.25, 0.3) is 0 Å². The number of fused-ring (bicyclic) bond motifs is 1. The number of likely N-dealkylation sites (tertiary alicyclic amines) is 1. The minimum atomic E-state index is 0.0672. The first-order chi connectivity index (χ1) is 13.3. The number of nitrogens with zero attached hydrogens (tertiary/aromatic N) is 3. The quantitative estimate of drug-likeness (QED) is 0.790. The highest BCUT2D eigenvalue weighted by molar-refractivity contribution is 5.90. The Morgan fingerprint density at radius 2 is 1.85 bits per heavy atom. The second kappa shape index (κ2) is 8.67. The summed E-state index contributed by atoms with van der Waals surface area (Å²) in [5.74, 6) is 0.786. The number of piperidine rings is 1. The summed E-state index contributed by atoms with van der Waals surface area (Å²) in [7, 11) is 0. The highest BCUT2D eigenvalue weighted by atomic mass is 16.1. The lowest BCUT2D eigenvalue weighted by Gasteiger charge is -2.25. The summed E-state index contributed by atoms with van der Waals surface area (Å²) in [6.45, 7) is 5.83. The van der Waals surface area contributed by atoms with Gasteiger partial charge in [-0.15, -0.1) is 0 Å². The van der Waals surface area contributed by atoms with Gasteiger partial charge in [-0.2, -0.15) is 5.10 Å². The van der Waals surface area contributed by atoms with E-state index < -0.39 is 0 Å². The maximum atomic E-state index is 12.3. The number of hydrogen-bond acceptors (Lipinski definition) is 4. The molecule has 1 aromatic heterocycles. The first kappa shape index (κ1) is 18.2. The van der Waals surface area contributed by atoms with Crippen molar-refractivity contribution in [1.29, 1.82) is 0 Å². The van der Waals surface area contributed by atoms with E-state index >= 15 is 0 Å². The zero-order chi connectivity index (χ0) is 18.5. The van der Waals surface area contributed by atoms with E-state index in [2.05, 4.69) is 55.6 Å². The fourth-order valence-electron chi connectivity index (χ4n) is 4.04. The summed E-state index contributed by atoms with van der Waals surface area (Å²) in [4.78, 5) is 17.1. The van der Waals surface area contributed by atoms with Crippen molar-refractivity contribution in [2.75, 3.05) is 31.5 Å². The molecule has 144 valence electrons. The van der Waals surface area contributed by atoms with Gasteiger partial charge in [0.15, 0.2) is 5.82 Å². The van der Waals surface area contributed by atoms with E-state index in [0.717, 1.165) is 62.8 Å². The van der Waals surface area contributed by atoms with E-state index in [9.17, 15) is 4.79 Å². The smallest absolute Gasteiger partial charge is 0.226 e. The number of benzene rings is 1.